The fourth-order valence-corrected chi connectivity index (χ4v) is 2.87. The minimum Gasteiger partial charge on any atom is -0.384 e. The Hall–Kier alpha value is -1.81. The quantitative estimate of drug-likeness (QED) is 0.932. The van der Waals surface area contributed by atoms with Gasteiger partial charge in [-0.2, -0.15) is 5.10 Å². The van der Waals surface area contributed by atoms with Crippen molar-refractivity contribution in [2.45, 2.75) is 39.4 Å². The third-order valence-corrected chi connectivity index (χ3v) is 3.90. The van der Waals surface area contributed by atoms with E-state index in [0.29, 0.717) is 6.04 Å². The van der Waals surface area contributed by atoms with Crippen molar-refractivity contribution in [2.24, 2.45) is 0 Å². The molecule has 0 bridgehead atoms. The summed E-state index contributed by atoms with van der Waals surface area (Å²) in [7, 11) is 0. The average molecular weight is 270 g/mol. The smallest absolute Gasteiger partial charge is 0.122 e. The van der Waals surface area contributed by atoms with E-state index in [1.807, 2.05) is 10.7 Å². The van der Waals surface area contributed by atoms with E-state index in [1.165, 1.54) is 11.1 Å². The third-order valence-electron chi connectivity index (χ3n) is 3.90. The molecule has 20 heavy (non-hydrogen) atoms. The molecule has 0 spiro atoms. The van der Waals surface area contributed by atoms with Gasteiger partial charge in [0.1, 0.15) is 5.82 Å². The number of nitrogen functional groups attached to an aromatic ring is 1. The summed E-state index contributed by atoms with van der Waals surface area (Å²) < 4.78 is 1.90. The Morgan fingerprint density at radius 2 is 2.00 bits per heavy atom. The second-order valence-electron chi connectivity index (χ2n) is 5.83. The number of hydrogen-bond donors (Lipinski definition) is 1. The lowest BCUT2D eigenvalue weighted by Gasteiger charge is -2.27. The number of benzene rings is 1. The SMILES string of the molecule is CC(C)n1nc(CN2CCc3ccccc3C2)cc1N. The minimum absolute atomic E-state index is 0.311. The predicted octanol–water partition coefficient (Wildman–Crippen LogP) is 2.60. The van der Waals surface area contributed by atoms with Gasteiger partial charge in [-0.25, -0.2) is 4.68 Å². The maximum atomic E-state index is 6.01. The van der Waals surface area contributed by atoms with Crippen LogP contribution in [0.15, 0.2) is 30.3 Å². The molecule has 3 rings (SSSR count). The molecule has 0 unspecified atom stereocenters. The molecule has 1 aromatic carbocycles. The summed E-state index contributed by atoms with van der Waals surface area (Å²) >= 11 is 0. The molecule has 4 nitrogen and oxygen atoms in total. The van der Waals surface area contributed by atoms with Crippen molar-refractivity contribution in [2.75, 3.05) is 12.3 Å². The first kappa shape index (κ1) is 13.2. The van der Waals surface area contributed by atoms with Gasteiger partial charge < -0.3 is 5.73 Å². The fourth-order valence-electron chi connectivity index (χ4n) is 2.87. The maximum Gasteiger partial charge on any atom is 0.122 e. The molecule has 4 heteroatoms. The van der Waals surface area contributed by atoms with E-state index in [2.05, 4.69) is 48.1 Å². The van der Waals surface area contributed by atoms with Crippen LogP contribution in [0, 0.1) is 0 Å². The number of hydrogen-bond acceptors (Lipinski definition) is 3. The van der Waals surface area contributed by atoms with Gasteiger partial charge in [-0.15, -0.1) is 0 Å². The van der Waals surface area contributed by atoms with Gasteiger partial charge in [0.2, 0.25) is 0 Å². The van der Waals surface area contributed by atoms with Crippen LogP contribution in [-0.4, -0.2) is 21.2 Å². The Balaban J connectivity index is 1.72. The molecule has 2 N–H and O–H groups in total. The van der Waals surface area contributed by atoms with Gasteiger partial charge >= 0.3 is 0 Å². The van der Waals surface area contributed by atoms with E-state index in [-0.39, 0.29) is 0 Å². The van der Waals surface area contributed by atoms with E-state index < -0.39 is 0 Å². The molecule has 0 saturated heterocycles. The standard InChI is InChI=1S/C16H22N4/c1-12(2)20-16(17)9-15(18-20)11-19-8-7-13-5-3-4-6-14(13)10-19/h3-6,9,12H,7-8,10-11,17H2,1-2H3. The van der Waals surface area contributed by atoms with Gasteiger partial charge in [-0.05, 0) is 31.4 Å². The van der Waals surface area contributed by atoms with Crippen LogP contribution in [0.4, 0.5) is 5.82 Å². The number of rotatable bonds is 3. The molecule has 1 aromatic heterocycles. The van der Waals surface area contributed by atoms with Gasteiger partial charge in [0.25, 0.3) is 0 Å². The highest BCUT2D eigenvalue weighted by molar-refractivity contribution is 5.32. The normalized spacial score (nSPS) is 15.6. The molecule has 1 aliphatic heterocycles. The van der Waals surface area contributed by atoms with E-state index in [9.17, 15) is 0 Å². The summed E-state index contributed by atoms with van der Waals surface area (Å²) in [5.74, 6) is 0.757. The summed E-state index contributed by atoms with van der Waals surface area (Å²) in [6, 6.07) is 11.0. The molecule has 0 aliphatic carbocycles. The first-order valence-electron chi connectivity index (χ1n) is 7.26. The van der Waals surface area contributed by atoms with Gasteiger partial charge in [0.05, 0.1) is 5.69 Å². The van der Waals surface area contributed by atoms with Crippen molar-refractivity contribution >= 4 is 5.82 Å². The Morgan fingerprint density at radius 3 is 2.70 bits per heavy atom. The number of aromatic nitrogens is 2. The number of anilines is 1. The molecule has 0 radical (unpaired) electrons. The van der Waals surface area contributed by atoms with Crippen molar-refractivity contribution in [3.8, 4) is 0 Å². The highest BCUT2D eigenvalue weighted by Crippen LogP contribution is 2.21. The fraction of sp³-hybridized carbons (Fsp3) is 0.438. The third kappa shape index (κ3) is 2.56. The molecule has 0 fully saturated rings. The molecular formula is C16H22N4. The van der Waals surface area contributed by atoms with Crippen molar-refractivity contribution < 1.29 is 0 Å². The van der Waals surface area contributed by atoms with Crippen LogP contribution in [0.3, 0.4) is 0 Å². The topological polar surface area (TPSA) is 47.1 Å². The molecule has 2 heterocycles. The van der Waals surface area contributed by atoms with Crippen LogP contribution < -0.4 is 5.73 Å². The van der Waals surface area contributed by atoms with Crippen LogP contribution in [0.1, 0.15) is 36.7 Å². The lowest BCUT2D eigenvalue weighted by atomic mass is 10.00. The summed E-state index contributed by atoms with van der Waals surface area (Å²) in [5.41, 5.74) is 9.99. The van der Waals surface area contributed by atoms with Crippen molar-refractivity contribution in [1.29, 1.82) is 0 Å². The van der Waals surface area contributed by atoms with Crippen LogP contribution in [0.5, 0.6) is 0 Å². The minimum atomic E-state index is 0.311. The maximum absolute atomic E-state index is 6.01. The van der Waals surface area contributed by atoms with E-state index >= 15 is 0 Å². The highest BCUT2D eigenvalue weighted by Gasteiger charge is 2.17. The van der Waals surface area contributed by atoms with E-state index in [0.717, 1.165) is 37.6 Å². The molecular weight excluding hydrogens is 248 g/mol. The Bertz CT molecular complexity index is 600. The first-order chi connectivity index (χ1) is 9.63. The second kappa shape index (κ2) is 5.29. The van der Waals surface area contributed by atoms with Gasteiger partial charge in [0, 0.05) is 31.7 Å². The Morgan fingerprint density at radius 1 is 1.25 bits per heavy atom. The molecule has 2 aromatic rings. The first-order valence-corrected chi connectivity index (χ1v) is 7.26. The summed E-state index contributed by atoms with van der Waals surface area (Å²) in [6.07, 6.45) is 1.12. The number of nitrogens with two attached hydrogens (primary N) is 1. The summed E-state index contributed by atoms with van der Waals surface area (Å²) in [6.45, 7) is 7.17. The lowest BCUT2D eigenvalue weighted by molar-refractivity contribution is 0.241. The average Bonchev–Trinajstić information content (AvgIpc) is 2.79. The molecule has 0 atom stereocenters. The van der Waals surface area contributed by atoms with Gasteiger partial charge in [-0.3, -0.25) is 4.90 Å². The largest absolute Gasteiger partial charge is 0.384 e. The van der Waals surface area contributed by atoms with Crippen LogP contribution in [0.25, 0.3) is 0 Å². The van der Waals surface area contributed by atoms with E-state index in [4.69, 9.17) is 5.73 Å². The molecule has 0 saturated carbocycles. The van der Waals surface area contributed by atoms with E-state index in [1.54, 1.807) is 0 Å². The summed E-state index contributed by atoms with van der Waals surface area (Å²) in [4.78, 5) is 2.44. The molecule has 0 amide bonds. The zero-order valence-electron chi connectivity index (χ0n) is 12.2. The monoisotopic (exact) mass is 270 g/mol. The summed E-state index contributed by atoms with van der Waals surface area (Å²) in [5, 5.41) is 4.61. The van der Waals surface area contributed by atoms with Crippen molar-refractivity contribution in [3.05, 3.63) is 47.2 Å². The predicted molar refractivity (Wildman–Crippen MR) is 81.3 cm³/mol. The molecule has 1 aliphatic rings. The molecule has 106 valence electrons. The Kier molecular flexibility index (Phi) is 3.49. The van der Waals surface area contributed by atoms with Crippen molar-refractivity contribution in [1.82, 2.24) is 14.7 Å². The highest BCUT2D eigenvalue weighted by atomic mass is 15.3. The lowest BCUT2D eigenvalue weighted by Crippen LogP contribution is -2.30. The number of nitrogens with zero attached hydrogens (tertiary/aromatic N) is 3. The van der Waals surface area contributed by atoms with Crippen LogP contribution >= 0.6 is 0 Å². The number of fused-ring (bicyclic) bond motifs is 1. The Labute approximate surface area is 120 Å². The second-order valence-corrected chi connectivity index (χ2v) is 5.83. The van der Waals surface area contributed by atoms with Crippen molar-refractivity contribution in [3.63, 3.8) is 0 Å². The van der Waals surface area contributed by atoms with Crippen LogP contribution in [0.2, 0.25) is 0 Å². The van der Waals surface area contributed by atoms with Gasteiger partial charge in [0.15, 0.2) is 0 Å². The zero-order chi connectivity index (χ0) is 14.1. The van der Waals surface area contributed by atoms with Crippen LogP contribution in [-0.2, 0) is 19.5 Å². The van der Waals surface area contributed by atoms with Gasteiger partial charge in [-0.1, -0.05) is 24.3 Å². The zero-order valence-corrected chi connectivity index (χ0v) is 12.2.